The van der Waals surface area contributed by atoms with Gasteiger partial charge < -0.3 is 9.88 Å². The number of hydrogen-bond acceptors (Lipinski definition) is 3. The molecule has 1 N–H and O–H groups in total. The fraction of sp³-hybridized carbons (Fsp3) is 0.400. The molecule has 112 valence electrons. The first-order valence-electron chi connectivity index (χ1n) is 6.83. The molecule has 0 aliphatic heterocycles. The van der Waals surface area contributed by atoms with Crippen molar-refractivity contribution in [2.45, 2.75) is 33.2 Å². The smallest absolute Gasteiger partial charge is 0.253 e. The maximum Gasteiger partial charge on any atom is 0.253 e. The molecule has 0 radical (unpaired) electrons. The number of nitrogens with one attached hydrogen (secondary N) is 1. The lowest BCUT2D eigenvalue weighted by molar-refractivity contribution is 0.0949. The van der Waals surface area contributed by atoms with Crippen LogP contribution in [0.3, 0.4) is 0 Å². The van der Waals surface area contributed by atoms with Crippen LogP contribution < -0.4 is 5.32 Å². The first-order valence-corrected chi connectivity index (χ1v) is 7.21. The number of benzene rings is 1. The molecule has 0 fully saturated rings. The van der Waals surface area contributed by atoms with Gasteiger partial charge in [0.2, 0.25) is 0 Å². The maximum atomic E-state index is 12.2. The number of aryl methyl sites for hydroxylation is 1. The zero-order chi connectivity index (χ0) is 15.6. The molecule has 1 aromatic carbocycles. The van der Waals surface area contributed by atoms with Crippen LogP contribution in [0.4, 0.5) is 0 Å². The minimum absolute atomic E-state index is 0.210. The fourth-order valence-electron chi connectivity index (χ4n) is 2.11. The van der Waals surface area contributed by atoms with Gasteiger partial charge in [-0.25, -0.2) is 0 Å². The Morgan fingerprint density at radius 3 is 2.71 bits per heavy atom. The van der Waals surface area contributed by atoms with Gasteiger partial charge in [0.1, 0.15) is 5.82 Å². The second-order valence-electron chi connectivity index (χ2n) is 5.31. The summed E-state index contributed by atoms with van der Waals surface area (Å²) in [4.78, 5) is 12.2. The normalized spacial score (nSPS) is 11.0. The van der Waals surface area contributed by atoms with Crippen LogP contribution in [0.15, 0.2) is 18.2 Å². The molecule has 0 aliphatic rings. The largest absolute Gasteiger partial charge is 0.345 e. The van der Waals surface area contributed by atoms with E-state index in [9.17, 15) is 4.79 Å². The minimum Gasteiger partial charge on any atom is -0.345 e. The van der Waals surface area contributed by atoms with E-state index < -0.39 is 0 Å². The number of carbonyl (C=O) groups is 1. The Balaban J connectivity index is 2.10. The monoisotopic (exact) mass is 306 g/mol. The van der Waals surface area contributed by atoms with Crippen molar-refractivity contribution in [1.29, 1.82) is 0 Å². The van der Waals surface area contributed by atoms with Gasteiger partial charge in [-0.1, -0.05) is 37.6 Å². The lowest BCUT2D eigenvalue weighted by Crippen LogP contribution is -2.25. The number of aromatic nitrogens is 3. The van der Waals surface area contributed by atoms with Crippen LogP contribution in [0.25, 0.3) is 0 Å². The van der Waals surface area contributed by atoms with Crippen LogP contribution in [-0.4, -0.2) is 20.7 Å². The van der Waals surface area contributed by atoms with Crippen LogP contribution >= 0.6 is 11.6 Å². The highest BCUT2D eigenvalue weighted by Gasteiger charge is 2.15. The van der Waals surface area contributed by atoms with E-state index in [4.69, 9.17) is 11.6 Å². The molecule has 1 aromatic heterocycles. The van der Waals surface area contributed by atoms with Crippen LogP contribution in [0, 0.1) is 6.92 Å². The Morgan fingerprint density at radius 2 is 2.10 bits per heavy atom. The molecule has 2 aromatic rings. The summed E-state index contributed by atoms with van der Waals surface area (Å²) >= 11 is 6.15. The fourth-order valence-corrected chi connectivity index (χ4v) is 2.32. The molecule has 0 bridgehead atoms. The van der Waals surface area contributed by atoms with Crippen LogP contribution in [0.5, 0.6) is 0 Å². The van der Waals surface area contributed by atoms with Gasteiger partial charge in [-0.15, -0.1) is 10.2 Å². The van der Waals surface area contributed by atoms with E-state index >= 15 is 0 Å². The molecule has 6 heteroatoms. The van der Waals surface area contributed by atoms with Crippen molar-refractivity contribution in [2.24, 2.45) is 7.05 Å². The van der Waals surface area contributed by atoms with Gasteiger partial charge in [0.25, 0.3) is 5.91 Å². The number of rotatable bonds is 4. The van der Waals surface area contributed by atoms with E-state index in [0.29, 0.717) is 17.1 Å². The second kappa shape index (κ2) is 6.26. The molecule has 0 aliphatic carbocycles. The topological polar surface area (TPSA) is 59.8 Å². The number of carbonyl (C=O) groups excluding carboxylic acids is 1. The predicted molar refractivity (Wildman–Crippen MR) is 82.5 cm³/mol. The van der Waals surface area contributed by atoms with E-state index in [0.717, 1.165) is 17.2 Å². The number of amides is 1. The third-order valence-electron chi connectivity index (χ3n) is 3.36. The van der Waals surface area contributed by atoms with E-state index in [1.54, 1.807) is 6.07 Å². The summed E-state index contributed by atoms with van der Waals surface area (Å²) in [5, 5.41) is 11.6. The van der Waals surface area contributed by atoms with E-state index in [1.807, 2.05) is 30.7 Å². The highest BCUT2D eigenvalue weighted by atomic mass is 35.5. The van der Waals surface area contributed by atoms with Gasteiger partial charge in [-0.05, 0) is 18.6 Å². The zero-order valence-corrected chi connectivity index (χ0v) is 13.4. The van der Waals surface area contributed by atoms with Crippen molar-refractivity contribution >= 4 is 17.5 Å². The average molecular weight is 307 g/mol. The Kier molecular flexibility index (Phi) is 4.63. The van der Waals surface area contributed by atoms with Gasteiger partial charge in [-0.3, -0.25) is 4.79 Å². The Labute approximate surface area is 129 Å². The van der Waals surface area contributed by atoms with Gasteiger partial charge in [-0.2, -0.15) is 0 Å². The summed E-state index contributed by atoms with van der Waals surface area (Å²) in [6.45, 7) is 6.30. The van der Waals surface area contributed by atoms with E-state index in [-0.39, 0.29) is 11.8 Å². The molecule has 1 heterocycles. The minimum atomic E-state index is -0.210. The summed E-state index contributed by atoms with van der Waals surface area (Å²) in [5.74, 6) is 1.69. The Bertz CT molecular complexity index is 664. The zero-order valence-electron chi connectivity index (χ0n) is 12.6. The SMILES string of the molecule is Cc1cccc(C(=O)NCc2nnc(C(C)C)n2C)c1Cl. The summed E-state index contributed by atoms with van der Waals surface area (Å²) in [6.07, 6.45) is 0. The lowest BCUT2D eigenvalue weighted by Gasteiger charge is -2.09. The first-order chi connectivity index (χ1) is 9.91. The molecule has 0 unspecified atom stereocenters. The molecule has 0 atom stereocenters. The first kappa shape index (κ1) is 15.5. The maximum absolute atomic E-state index is 12.2. The third kappa shape index (κ3) is 3.24. The van der Waals surface area contributed by atoms with Gasteiger partial charge >= 0.3 is 0 Å². The Morgan fingerprint density at radius 1 is 1.38 bits per heavy atom. The number of nitrogens with zero attached hydrogens (tertiary/aromatic N) is 3. The van der Waals surface area contributed by atoms with Crippen molar-refractivity contribution in [3.05, 3.63) is 46.0 Å². The molecule has 0 spiro atoms. The quantitative estimate of drug-likeness (QED) is 0.945. The Hall–Kier alpha value is -1.88. The molecule has 0 saturated carbocycles. The number of hydrogen-bond donors (Lipinski definition) is 1. The molecule has 2 rings (SSSR count). The highest BCUT2D eigenvalue weighted by molar-refractivity contribution is 6.34. The third-order valence-corrected chi connectivity index (χ3v) is 3.86. The van der Waals surface area contributed by atoms with Gasteiger partial charge in [0.15, 0.2) is 5.82 Å². The molecule has 0 saturated heterocycles. The van der Waals surface area contributed by atoms with Crippen molar-refractivity contribution in [2.75, 3.05) is 0 Å². The molecular formula is C15H19ClN4O. The molecule has 21 heavy (non-hydrogen) atoms. The highest BCUT2D eigenvalue weighted by Crippen LogP contribution is 2.20. The number of halogens is 1. The van der Waals surface area contributed by atoms with Crippen molar-refractivity contribution in [3.8, 4) is 0 Å². The summed E-state index contributed by atoms with van der Waals surface area (Å²) in [6, 6.07) is 5.40. The van der Waals surface area contributed by atoms with E-state index in [2.05, 4.69) is 29.4 Å². The van der Waals surface area contributed by atoms with Gasteiger partial charge in [0.05, 0.1) is 17.1 Å². The summed E-state index contributed by atoms with van der Waals surface area (Å²) in [5.41, 5.74) is 1.35. The van der Waals surface area contributed by atoms with Crippen molar-refractivity contribution in [3.63, 3.8) is 0 Å². The van der Waals surface area contributed by atoms with Crippen LogP contribution in [0.2, 0.25) is 5.02 Å². The van der Waals surface area contributed by atoms with Gasteiger partial charge in [0, 0.05) is 13.0 Å². The van der Waals surface area contributed by atoms with Crippen LogP contribution in [-0.2, 0) is 13.6 Å². The summed E-state index contributed by atoms with van der Waals surface area (Å²) < 4.78 is 1.91. The van der Waals surface area contributed by atoms with E-state index in [1.165, 1.54) is 0 Å². The molecule has 1 amide bonds. The second-order valence-corrected chi connectivity index (χ2v) is 5.69. The van der Waals surface area contributed by atoms with Crippen molar-refractivity contribution in [1.82, 2.24) is 20.1 Å². The molecule has 5 nitrogen and oxygen atoms in total. The standard InChI is InChI=1S/C15H19ClN4O/c1-9(2)14-19-18-12(20(14)4)8-17-15(21)11-7-5-6-10(3)13(11)16/h5-7,9H,8H2,1-4H3,(H,17,21). The van der Waals surface area contributed by atoms with Crippen LogP contribution in [0.1, 0.15) is 47.3 Å². The predicted octanol–water partition coefficient (Wildman–Crippen LogP) is 2.83. The lowest BCUT2D eigenvalue weighted by atomic mass is 10.1. The summed E-state index contributed by atoms with van der Waals surface area (Å²) in [7, 11) is 1.90. The average Bonchev–Trinajstić information content (AvgIpc) is 2.80. The van der Waals surface area contributed by atoms with Crippen molar-refractivity contribution < 1.29 is 4.79 Å². The molecular weight excluding hydrogens is 288 g/mol.